The van der Waals surface area contributed by atoms with E-state index < -0.39 is 11.2 Å². The number of para-hydroxylation sites is 2. The lowest BCUT2D eigenvalue weighted by molar-refractivity contribution is -0.117. The Hall–Kier alpha value is -3.82. The van der Waals surface area contributed by atoms with E-state index in [1.165, 1.54) is 16.7 Å². The molecule has 0 spiro atoms. The molecule has 0 radical (unpaired) electrons. The number of hydrogen-bond acceptors (Lipinski definition) is 4. The van der Waals surface area contributed by atoms with E-state index in [0.717, 1.165) is 16.7 Å². The normalized spacial score (nSPS) is 16.9. The number of nitriles is 1. The van der Waals surface area contributed by atoms with E-state index in [1.807, 2.05) is 86.6 Å². The number of rotatable bonds is 5. The van der Waals surface area contributed by atoms with Gasteiger partial charge in [-0.3, -0.25) is 14.5 Å². The number of nitrogens with zero attached hydrogens (tertiary/aromatic N) is 2. The van der Waals surface area contributed by atoms with Crippen molar-refractivity contribution in [3.8, 4) is 6.07 Å². The van der Waals surface area contributed by atoms with E-state index in [2.05, 4.69) is 11.4 Å². The highest BCUT2D eigenvalue weighted by Crippen LogP contribution is 2.43. The van der Waals surface area contributed by atoms with Gasteiger partial charge in [0.05, 0.1) is 10.9 Å². The number of amides is 2. The molecule has 0 unspecified atom stereocenters. The van der Waals surface area contributed by atoms with Crippen molar-refractivity contribution in [1.29, 1.82) is 5.26 Å². The highest BCUT2D eigenvalue weighted by molar-refractivity contribution is 8.05. The summed E-state index contributed by atoms with van der Waals surface area (Å²) in [7, 11) is 0. The van der Waals surface area contributed by atoms with Crippen LogP contribution in [0.25, 0.3) is 0 Å². The van der Waals surface area contributed by atoms with Crippen LogP contribution in [0.1, 0.15) is 16.7 Å². The summed E-state index contributed by atoms with van der Waals surface area (Å²) in [6.07, 6.45) is 0.508. The van der Waals surface area contributed by atoms with Crippen LogP contribution in [0.4, 0.5) is 11.4 Å². The van der Waals surface area contributed by atoms with Crippen molar-refractivity contribution in [2.45, 2.75) is 25.5 Å². The Balaban J connectivity index is 1.76. The molecule has 1 N–H and O–H groups in total. The van der Waals surface area contributed by atoms with Crippen LogP contribution < -0.4 is 10.2 Å². The van der Waals surface area contributed by atoms with Gasteiger partial charge in [-0.2, -0.15) is 5.26 Å². The largest absolute Gasteiger partial charge is 0.321 e. The van der Waals surface area contributed by atoms with Gasteiger partial charge in [-0.25, -0.2) is 0 Å². The SMILES string of the molecule is Cc1ccccc1NC(=O)/C(C#N)=C1\S[C@@H](Cc2ccccc2)C(=O)N1c1ccccc1C. The van der Waals surface area contributed by atoms with Crippen LogP contribution in [0.2, 0.25) is 0 Å². The predicted molar refractivity (Wildman–Crippen MR) is 133 cm³/mol. The fourth-order valence-corrected chi connectivity index (χ4v) is 5.05. The van der Waals surface area contributed by atoms with Crippen molar-refractivity contribution in [1.82, 2.24) is 0 Å². The smallest absolute Gasteiger partial charge is 0.269 e. The van der Waals surface area contributed by atoms with Gasteiger partial charge < -0.3 is 5.32 Å². The molecule has 3 aromatic rings. The second kappa shape index (κ2) is 9.76. The molecule has 33 heavy (non-hydrogen) atoms. The quantitative estimate of drug-likeness (QED) is 0.416. The molecule has 0 saturated carbocycles. The number of carbonyl (C=O) groups is 2. The van der Waals surface area contributed by atoms with Gasteiger partial charge in [0.2, 0.25) is 5.91 Å². The molecule has 1 aliphatic rings. The summed E-state index contributed by atoms with van der Waals surface area (Å²) in [4.78, 5) is 28.3. The molecule has 0 bridgehead atoms. The summed E-state index contributed by atoms with van der Waals surface area (Å²) in [5.41, 5.74) is 4.04. The minimum absolute atomic E-state index is 0.0737. The van der Waals surface area contributed by atoms with Gasteiger partial charge in [0.1, 0.15) is 16.7 Å². The maximum Gasteiger partial charge on any atom is 0.269 e. The fourth-order valence-electron chi connectivity index (χ4n) is 3.75. The number of carbonyl (C=O) groups excluding carboxylic acids is 2. The Kier molecular flexibility index (Phi) is 6.62. The summed E-state index contributed by atoms with van der Waals surface area (Å²) in [5, 5.41) is 12.7. The molecule has 1 heterocycles. The van der Waals surface area contributed by atoms with Crippen LogP contribution in [0, 0.1) is 25.2 Å². The van der Waals surface area contributed by atoms with Crippen molar-refractivity contribution in [2.75, 3.05) is 10.2 Å². The molecule has 164 valence electrons. The van der Waals surface area contributed by atoms with Gasteiger partial charge in [0, 0.05) is 5.69 Å². The molecular weight excluding hydrogens is 430 g/mol. The monoisotopic (exact) mass is 453 g/mol. The Labute approximate surface area is 197 Å². The van der Waals surface area contributed by atoms with Gasteiger partial charge in [0.25, 0.3) is 5.91 Å². The first-order valence-corrected chi connectivity index (χ1v) is 11.5. The Bertz CT molecular complexity index is 1280. The molecule has 0 aliphatic carbocycles. The van der Waals surface area contributed by atoms with Gasteiger partial charge >= 0.3 is 0 Å². The van der Waals surface area contributed by atoms with E-state index >= 15 is 0 Å². The molecule has 5 nitrogen and oxygen atoms in total. The second-order valence-electron chi connectivity index (χ2n) is 7.82. The first-order chi connectivity index (χ1) is 16.0. The van der Waals surface area contributed by atoms with E-state index in [9.17, 15) is 14.9 Å². The molecule has 4 rings (SSSR count). The van der Waals surface area contributed by atoms with Crippen LogP contribution in [0.5, 0.6) is 0 Å². The molecule has 3 aromatic carbocycles. The zero-order chi connectivity index (χ0) is 23.4. The Morgan fingerprint density at radius 2 is 1.61 bits per heavy atom. The number of anilines is 2. The number of benzene rings is 3. The van der Waals surface area contributed by atoms with Crippen molar-refractivity contribution in [3.63, 3.8) is 0 Å². The summed E-state index contributed by atoms with van der Waals surface area (Å²) in [6, 6.07) is 26.7. The molecule has 0 aromatic heterocycles. The molecule has 2 amide bonds. The third kappa shape index (κ3) is 4.69. The lowest BCUT2D eigenvalue weighted by Gasteiger charge is -2.20. The Morgan fingerprint density at radius 3 is 2.27 bits per heavy atom. The minimum atomic E-state index is -0.527. The first kappa shape index (κ1) is 22.4. The summed E-state index contributed by atoms with van der Waals surface area (Å²) in [5.74, 6) is -0.661. The molecule has 6 heteroatoms. The first-order valence-electron chi connectivity index (χ1n) is 10.6. The van der Waals surface area contributed by atoms with Crippen molar-refractivity contribution >= 4 is 35.0 Å². The van der Waals surface area contributed by atoms with E-state index in [-0.39, 0.29) is 11.5 Å². The zero-order valence-electron chi connectivity index (χ0n) is 18.4. The van der Waals surface area contributed by atoms with Crippen LogP contribution in [0.3, 0.4) is 0 Å². The lowest BCUT2D eigenvalue weighted by atomic mass is 10.1. The van der Waals surface area contributed by atoms with Gasteiger partial charge in [0.15, 0.2) is 0 Å². The third-order valence-electron chi connectivity index (χ3n) is 5.52. The van der Waals surface area contributed by atoms with E-state index in [4.69, 9.17) is 0 Å². The minimum Gasteiger partial charge on any atom is -0.321 e. The molecule has 1 atom stereocenters. The fraction of sp³-hybridized carbons (Fsp3) is 0.148. The summed E-state index contributed by atoms with van der Waals surface area (Å²) < 4.78 is 0. The van der Waals surface area contributed by atoms with Crippen molar-refractivity contribution in [3.05, 3.63) is 106 Å². The van der Waals surface area contributed by atoms with E-state index in [1.54, 1.807) is 6.07 Å². The number of aryl methyl sites for hydroxylation is 2. The molecule has 1 aliphatic heterocycles. The predicted octanol–water partition coefficient (Wildman–Crippen LogP) is 5.37. The molecular formula is C27H23N3O2S. The highest BCUT2D eigenvalue weighted by atomic mass is 32.2. The average molecular weight is 454 g/mol. The lowest BCUT2D eigenvalue weighted by Crippen LogP contribution is -2.31. The Morgan fingerprint density at radius 1 is 0.970 bits per heavy atom. The van der Waals surface area contributed by atoms with E-state index in [0.29, 0.717) is 22.8 Å². The highest BCUT2D eigenvalue weighted by Gasteiger charge is 2.41. The molecule has 1 saturated heterocycles. The van der Waals surface area contributed by atoms with Crippen molar-refractivity contribution < 1.29 is 9.59 Å². The van der Waals surface area contributed by atoms with Crippen molar-refractivity contribution in [2.24, 2.45) is 0 Å². The standard InChI is InChI=1S/C27H23N3O2S/c1-18-10-6-8-14-22(18)29-25(31)21(17-28)27-30(23-15-9-7-11-19(23)2)26(32)24(33-27)16-20-12-4-3-5-13-20/h3-15,24H,16H2,1-2H3,(H,29,31)/b27-21-/t24-/m0/s1. The summed E-state index contributed by atoms with van der Waals surface area (Å²) in [6.45, 7) is 3.80. The third-order valence-corrected chi connectivity index (χ3v) is 6.78. The van der Waals surface area contributed by atoms with Crippen LogP contribution in [-0.2, 0) is 16.0 Å². The van der Waals surface area contributed by atoms with Gasteiger partial charge in [-0.15, -0.1) is 0 Å². The summed E-state index contributed by atoms with van der Waals surface area (Å²) >= 11 is 1.27. The van der Waals surface area contributed by atoms with Crippen LogP contribution >= 0.6 is 11.8 Å². The number of nitrogens with one attached hydrogen (secondary N) is 1. The van der Waals surface area contributed by atoms with Crippen LogP contribution in [0.15, 0.2) is 89.5 Å². The maximum absolute atomic E-state index is 13.6. The number of hydrogen-bond donors (Lipinski definition) is 1. The topological polar surface area (TPSA) is 73.2 Å². The average Bonchev–Trinajstić information content (AvgIpc) is 3.12. The second-order valence-corrected chi connectivity index (χ2v) is 9.01. The maximum atomic E-state index is 13.6. The number of thioether (sulfide) groups is 1. The van der Waals surface area contributed by atoms with Gasteiger partial charge in [-0.1, -0.05) is 78.5 Å². The van der Waals surface area contributed by atoms with Gasteiger partial charge in [-0.05, 0) is 49.1 Å². The molecule has 1 fully saturated rings. The van der Waals surface area contributed by atoms with Crippen LogP contribution in [-0.4, -0.2) is 17.1 Å². The zero-order valence-corrected chi connectivity index (χ0v) is 19.2.